The van der Waals surface area contributed by atoms with Crippen LogP contribution in [0.4, 0.5) is 0 Å². The Morgan fingerprint density at radius 1 is 0.682 bits per heavy atom. The van der Waals surface area contributed by atoms with Crippen molar-refractivity contribution in [1.82, 2.24) is 15.0 Å². The molecule has 0 saturated carbocycles. The summed E-state index contributed by atoms with van der Waals surface area (Å²) < 4.78 is -1.45. The topological polar surface area (TPSA) is 38.7 Å². The van der Waals surface area contributed by atoms with Gasteiger partial charge >= 0.3 is 0 Å². The largest absolute Gasteiger partial charge is 0.211 e. The number of nitrogens with zero attached hydrogens (tertiary/aromatic N) is 3. The molecule has 0 fully saturated rings. The van der Waals surface area contributed by atoms with Crippen LogP contribution in [0.2, 0.25) is 0 Å². The minimum atomic E-state index is -0.724. The van der Waals surface area contributed by atoms with Gasteiger partial charge in [0.1, 0.15) is 0 Å². The van der Waals surface area contributed by atoms with Gasteiger partial charge in [0.05, 0.1) is 0 Å². The van der Waals surface area contributed by atoms with Crippen LogP contribution in [0.3, 0.4) is 0 Å². The summed E-state index contributed by atoms with van der Waals surface area (Å²) in [5, 5.41) is 0. The molecule has 0 amide bonds. The lowest BCUT2D eigenvalue weighted by molar-refractivity contribution is 0.875. The van der Waals surface area contributed by atoms with Crippen LogP contribution in [0.5, 0.6) is 0 Å². The van der Waals surface area contributed by atoms with Gasteiger partial charge in [0.15, 0.2) is 21.8 Å². The summed E-state index contributed by atoms with van der Waals surface area (Å²) in [5.41, 5.74) is 1.07. The molecule has 0 bridgehead atoms. The molecule has 9 heteroatoms. The van der Waals surface area contributed by atoms with Gasteiger partial charge in [0.2, 0.25) is 0 Å². The van der Waals surface area contributed by atoms with Gasteiger partial charge in [-0.25, -0.2) is 15.0 Å². The Morgan fingerprint density at radius 2 is 1.18 bits per heavy atom. The molecule has 2 rings (SSSR count). The second-order valence-corrected chi connectivity index (χ2v) is 17.6. The van der Waals surface area contributed by atoms with E-state index in [1.807, 2.05) is 42.5 Å². The molecule has 0 aliphatic carbocycles. The summed E-state index contributed by atoms with van der Waals surface area (Å²) in [6.45, 7) is 0. The second-order valence-electron chi connectivity index (χ2n) is 4.08. The van der Waals surface area contributed by atoms with Crippen molar-refractivity contribution in [3.8, 4) is 0 Å². The summed E-state index contributed by atoms with van der Waals surface area (Å²) in [6.07, 6.45) is 3.78. The Hall–Kier alpha value is 0.850. The SMILES string of the molecule is BrC(Br)(Br)c1nc(/C=C/c2ccccc2)nc(C(Br)(Br)Br)n1. The number of benzene rings is 1. The number of rotatable bonds is 2. The van der Waals surface area contributed by atoms with E-state index >= 15 is 0 Å². The molecule has 0 aliphatic heterocycles. The lowest BCUT2D eigenvalue weighted by Gasteiger charge is -2.16. The minimum absolute atomic E-state index is 0.493. The van der Waals surface area contributed by atoms with Crippen molar-refractivity contribution in [3.63, 3.8) is 0 Å². The van der Waals surface area contributed by atoms with Gasteiger partial charge in [-0.05, 0) is 11.6 Å². The van der Waals surface area contributed by atoms with Crippen molar-refractivity contribution in [2.24, 2.45) is 0 Å². The van der Waals surface area contributed by atoms with E-state index in [-0.39, 0.29) is 0 Å². The van der Waals surface area contributed by atoms with Crippen molar-refractivity contribution in [2.75, 3.05) is 0 Å². The fourth-order valence-electron chi connectivity index (χ4n) is 1.46. The average Bonchev–Trinajstić information content (AvgIpc) is 2.44. The van der Waals surface area contributed by atoms with Crippen LogP contribution in [0.25, 0.3) is 12.2 Å². The Labute approximate surface area is 178 Å². The van der Waals surface area contributed by atoms with Gasteiger partial charge in [-0.1, -0.05) is 132 Å². The second kappa shape index (κ2) is 7.82. The van der Waals surface area contributed by atoms with Crippen molar-refractivity contribution in [3.05, 3.63) is 53.4 Å². The average molecular weight is 685 g/mol. The predicted molar refractivity (Wildman–Crippen MR) is 112 cm³/mol. The molecule has 1 aromatic carbocycles. The molecule has 116 valence electrons. The molecule has 0 aliphatic rings. The molecule has 3 nitrogen and oxygen atoms in total. The highest BCUT2D eigenvalue weighted by atomic mass is 80.0. The van der Waals surface area contributed by atoms with Crippen LogP contribution >= 0.6 is 95.6 Å². The number of halogens is 6. The predicted octanol–water partition coefficient (Wildman–Crippen LogP) is 6.63. The van der Waals surface area contributed by atoms with E-state index in [0.717, 1.165) is 5.56 Å². The summed E-state index contributed by atoms with van der Waals surface area (Å²) >= 11 is 20.6. The molecule has 22 heavy (non-hydrogen) atoms. The van der Waals surface area contributed by atoms with Crippen molar-refractivity contribution < 1.29 is 0 Å². The van der Waals surface area contributed by atoms with E-state index < -0.39 is 4.29 Å². The summed E-state index contributed by atoms with van der Waals surface area (Å²) in [6, 6.07) is 9.94. The zero-order valence-electron chi connectivity index (χ0n) is 10.7. The summed E-state index contributed by atoms with van der Waals surface area (Å²) in [7, 11) is 0. The molecule has 1 aromatic heterocycles. The lowest BCUT2D eigenvalue weighted by atomic mass is 10.2. The van der Waals surface area contributed by atoms with Crippen LogP contribution in [-0.2, 0) is 4.29 Å². The normalized spacial score (nSPS) is 12.8. The fourth-order valence-corrected chi connectivity index (χ4v) is 2.52. The first-order valence-corrected chi connectivity index (χ1v) is 10.6. The van der Waals surface area contributed by atoms with E-state index in [2.05, 4.69) is 111 Å². The van der Waals surface area contributed by atoms with E-state index in [1.54, 1.807) is 0 Å². The molecular formula is C13H7Br6N3. The zero-order valence-corrected chi connectivity index (χ0v) is 20.2. The van der Waals surface area contributed by atoms with E-state index in [1.165, 1.54) is 0 Å². The first kappa shape index (κ1) is 19.2. The molecule has 0 radical (unpaired) electrons. The molecule has 0 N–H and O–H groups in total. The van der Waals surface area contributed by atoms with Crippen molar-refractivity contribution in [1.29, 1.82) is 0 Å². The first-order valence-electron chi connectivity index (χ1n) is 5.80. The van der Waals surface area contributed by atoms with Crippen LogP contribution in [0.15, 0.2) is 30.3 Å². The highest BCUT2D eigenvalue weighted by molar-refractivity contribution is 9.39. The molecule has 0 unspecified atom stereocenters. The Kier molecular flexibility index (Phi) is 6.82. The standard InChI is InChI=1S/C13H7Br6N3/c14-12(15,16)10-20-9(21-11(22-10)13(17,18)19)7-6-8-4-2-1-3-5-8/h1-7H/b7-6+. The van der Waals surface area contributed by atoms with Crippen molar-refractivity contribution in [2.45, 2.75) is 4.29 Å². The molecular weight excluding hydrogens is 678 g/mol. The van der Waals surface area contributed by atoms with Gasteiger partial charge in [-0.15, -0.1) is 0 Å². The van der Waals surface area contributed by atoms with Gasteiger partial charge in [0.25, 0.3) is 0 Å². The molecule has 1 heterocycles. The number of hydrogen-bond acceptors (Lipinski definition) is 3. The molecule has 0 saturated heterocycles. The maximum Gasteiger partial charge on any atom is 0.194 e. The van der Waals surface area contributed by atoms with E-state index in [9.17, 15) is 0 Å². The zero-order chi connectivity index (χ0) is 16.4. The van der Waals surface area contributed by atoms with E-state index in [4.69, 9.17) is 0 Å². The Morgan fingerprint density at radius 3 is 1.64 bits per heavy atom. The summed E-state index contributed by atoms with van der Waals surface area (Å²) in [5.74, 6) is 1.52. The van der Waals surface area contributed by atoms with Crippen LogP contribution < -0.4 is 0 Å². The highest BCUT2D eigenvalue weighted by Crippen LogP contribution is 2.46. The van der Waals surface area contributed by atoms with Gasteiger partial charge in [-0.2, -0.15) is 0 Å². The Balaban J connectivity index is 2.45. The third kappa shape index (κ3) is 5.73. The number of alkyl halides is 6. The number of aromatic nitrogens is 3. The molecule has 0 atom stereocenters. The monoisotopic (exact) mass is 679 g/mol. The maximum absolute atomic E-state index is 4.42. The fraction of sp³-hybridized carbons (Fsp3) is 0.154. The van der Waals surface area contributed by atoms with Crippen LogP contribution in [-0.4, -0.2) is 15.0 Å². The van der Waals surface area contributed by atoms with Crippen LogP contribution in [0.1, 0.15) is 23.0 Å². The van der Waals surface area contributed by atoms with Crippen LogP contribution in [0, 0.1) is 0 Å². The lowest BCUT2D eigenvalue weighted by Crippen LogP contribution is -2.15. The molecule has 0 spiro atoms. The quantitative estimate of drug-likeness (QED) is 0.334. The van der Waals surface area contributed by atoms with Crippen molar-refractivity contribution >= 4 is 108 Å². The van der Waals surface area contributed by atoms with E-state index in [0.29, 0.717) is 17.5 Å². The minimum Gasteiger partial charge on any atom is -0.211 e. The highest BCUT2D eigenvalue weighted by Gasteiger charge is 2.31. The Bertz CT molecular complexity index is 644. The smallest absolute Gasteiger partial charge is 0.194 e. The maximum atomic E-state index is 4.42. The molecule has 2 aromatic rings. The summed E-state index contributed by atoms with van der Waals surface area (Å²) in [4.78, 5) is 13.2. The number of hydrogen-bond donors (Lipinski definition) is 0. The van der Waals surface area contributed by atoms with Gasteiger partial charge in [-0.3, -0.25) is 0 Å². The van der Waals surface area contributed by atoms with Gasteiger partial charge in [0, 0.05) is 0 Å². The third-order valence-electron chi connectivity index (χ3n) is 2.38. The van der Waals surface area contributed by atoms with Gasteiger partial charge < -0.3 is 0 Å². The third-order valence-corrected chi connectivity index (χ3v) is 4.51. The first-order chi connectivity index (χ1) is 10.2.